The van der Waals surface area contributed by atoms with Crippen molar-refractivity contribution >= 4 is 50.7 Å². The van der Waals surface area contributed by atoms with Gasteiger partial charge in [-0.2, -0.15) is 0 Å². The molecule has 0 amide bonds. The summed E-state index contributed by atoms with van der Waals surface area (Å²) in [6, 6.07) is 5.01. The summed E-state index contributed by atoms with van der Waals surface area (Å²) < 4.78 is 40.8. The van der Waals surface area contributed by atoms with Crippen LogP contribution in [-0.4, -0.2) is 46.7 Å². The molecule has 1 aromatic rings. The van der Waals surface area contributed by atoms with Crippen LogP contribution in [0, 0.1) is 0 Å². The van der Waals surface area contributed by atoms with Crippen molar-refractivity contribution < 1.29 is 17.2 Å². The molecule has 1 atom stereocenters. The molecule has 0 saturated carbocycles. The fourth-order valence-electron chi connectivity index (χ4n) is 0.760. The van der Waals surface area contributed by atoms with E-state index in [0.29, 0.717) is 0 Å². The van der Waals surface area contributed by atoms with E-state index in [1.807, 2.05) is 0 Å². The Labute approximate surface area is 106 Å². The van der Waals surface area contributed by atoms with Crippen LogP contribution >= 0.6 is 0 Å². The average molecular weight is 245 g/mol. The van der Waals surface area contributed by atoms with E-state index in [4.69, 9.17) is 9.69 Å². The molecule has 1 aromatic carbocycles. The van der Waals surface area contributed by atoms with Crippen molar-refractivity contribution in [3.8, 4) is 0 Å². The van der Waals surface area contributed by atoms with Gasteiger partial charge in [0.25, 0.3) is 0 Å². The molecule has 0 aliphatic heterocycles. The SMILES string of the molecule is NS(=O)(=O)c1cccc(S(=O)O)c1.[NaH]. The van der Waals surface area contributed by atoms with Crippen LogP contribution in [-0.2, 0) is 21.1 Å². The molecule has 74 valence electrons. The maximum absolute atomic E-state index is 10.8. The first-order valence-corrected chi connectivity index (χ1v) is 5.80. The van der Waals surface area contributed by atoms with E-state index < -0.39 is 21.1 Å². The molecule has 14 heavy (non-hydrogen) atoms. The van der Waals surface area contributed by atoms with Crippen molar-refractivity contribution in [2.24, 2.45) is 5.14 Å². The molecule has 0 aliphatic rings. The first-order valence-electron chi connectivity index (χ1n) is 3.15. The second kappa shape index (κ2) is 5.36. The minimum atomic E-state index is -3.80. The Hall–Kier alpha value is 0.240. The Morgan fingerprint density at radius 2 is 1.93 bits per heavy atom. The summed E-state index contributed by atoms with van der Waals surface area (Å²) in [6.45, 7) is 0. The first-order chi connectivity index (χ1) is 5.91. The number of rotatable bonds is 2. The molecule has 0 bridgehead atoms. The van der Waals surface area contributed by atoms with Crippen LogP contribution in [0.4, 0.5) is 0 Å². The molecule has 1 unspecified atom stereocenters. The third kappa shape index (κ3) is 3.77. The molecule has 0 heterocycles. The fourth-order valence-corrected chi connectivity index (χ4v) is 1.82. The second-order valence-electron chi connectivity index (χ2n) is 2.27. The van der Waals surface area contributed by atoms with Crippen LogP contribution < -0.4 is 5.14 Å². The van der Waals surface area contributed by atoms with Gasteiger partial charge in [-0.05, 0) is 18.2 Å². The fraction of sp³-hybridized carbons (Fsp3) is 0. The van der Waals surface area contributed by atoms with Gasteiger partial charge in [-0.3, -0.25) is 0 Å². The van der Waals surface area contributed by atoms with Gasteiger partial charge >= 0.3 is 29.6 Å². The predicted octanol–water partition coefficient (Wildman–Crippen LogP) is -0.734. The first kappa shape index (κ1) is 14.2. The summed E-state index contributed by atoms with van der Waals surface area (Å²) in [6.07, 6.45) is 0. The van der Waals surface area contributed by atoms with Crippen molar-refractivity contribution in [2.75, 3.05) is 0 Å². The summed E-state index contributed by atoms with van der Waals surface area (Å²) >= 11 is -2.19. The second-order valence-corrected chi connectivity index (χ2v) is 4.80. The summed E-state index contributed by atoms with van der Waals surface area (Å²) in [5.74, 6) is 0. The van der Waals surface area contributed by atoms with Gasteiger partial charge in [-0.1, -0.05) is 6.07 Å². The van der Waals surface area contributed by atoms with Gasteiger partial charge in [0.1, 0.15) is 0 Å². The van der Waals surface area contributed by atoms with Crippen LogP contribution in [0.2, 0.25) is 0 Å². The van der Waals surface area contributed by atoms with Crippen molar-refractivity contribution in [3.63, 3.8) is 0 Å². The molecule has 0 spiro atoms. The number of nitrogens with two attached hydrogens (primary N) is 1. The van der Waals surface area contributed by atoms with E-state index in [0.717, 1.165) is 6.07 Å². The van der Waals surface area contributed by atoms with E-state index in [1.54, 1.807) is 0 Å². The normalized spacial score (nSPS) is 13.0. The van der Waals surface area contributed by atoms with Gasteiger partial charge < -0.3 is 4.55 Å². The number of primary sulfonamides is 1. The van der Waals surface area contributed by atoms with Crippen LogP contribution in [0.1, 0.15) is 0 Å². The Kier molecular flexibility index (Phi) is 5.45. The van der Waals surface area contributed by atoms with E-state index in [2.05, 4.69) is 0 Å². The van der Waals surface area contributed by atoms with Gasteiger partial charge in [0.05, 0.1) is 9.79 Å². The zero-order valence-corrected chi connectivity index (χ0v) is 8.01. The van der Waals surface area contributed by atoms with Crippen molar-refractivity contribution in [1.82, 2.24) is 0 Å². The Morgan fingerprint density at radius 3 is 2.36 bits per heavy atom. The number of hydrogen-bond acceptors (Lipinski definition) is 3. The van der Waals surface area contributed by atoms with Gasteiger partial charge in [-0.25, -0.2) is 17.8 Å². The van der Waals surface area contributed by atoms with Crippen molar-refractivity contribution in [2.45, 2.75) is 9.79 Å². The van der Waals surface area contributed by atoms with Gasteiger partial charge in [-0.15, -0.1) is 0 Å². The van der Waals surface area contributed by atoms with Crippen molar-refractivity contribution in [1.29, 1.82) is 0 Å². The molecule has 5 nitrogen and oxygen atoms in total. The van der Waals surface area contributed by atoms with Crippen molar-refractivity contribution in [3.05, 3.63) is 24.3 Å². The molecule has 1 rings (SSSR count). The third-order valence-electron chi connectivity index (χ3n) is 1.34. The minimum absolute atomic E-state index is 0. The summed E-state index contributed by atoms with van der Waals surface area (Å²) in [5.41, 5.74) is 0. The molecule has 0 aliphatic carbocycles. The zero-order chi connectivity index (χ0) is 10.1. The Balaban J connectivity index is 0.00000169. The maximum atomic E-state index is 10.8. The van der Waals surface area contributed by atoms with E-state index >= 15 is 0 Å². The predicted molar refractivity (Wildman–Crippen MR) is 54.0 cm³/mol. The molecule has 0 radical (unpaired) electrons. The Bertz CT molecular complexity index is 445. The molecule has 0 fully saturated rings. The third-order valence-corrected chi connectivity index (χ3v) is 2.90. The van der Waals surface area contributed by atoms with Crippen LogP contribution in [0.3, 0.4) is 0 Å². The number of sulfonamides is 1. The van der Waals surface area contributed by atoms with Crippen LogP contribution in [0.15, 0.2) is 34.1 Å². The standard InChI is InChI=1S/C6H7NO4S2.Na.H/c7-13(10,11)6-3-1-2-5(4-6)12(8)9;;/h1-4H,(H,8,9)(H2,7,10,11);;. The molecule has 0 saturated heterocycles. The Morgan fingerprint density at radius 1 is 1.36 bits per heavy atom. The van der Waals surface area contributed by atoms with Gasteiger partial charge in [0.2, 0.25) is 10.0 Å². The molecule has 3 N–H and O–H groups in total. The number of hydrogen-bond donors (Lipinski definition) is 2. The van der Waals surface area contributed by atoms with Gasteiger partial charge in [0.15, 0.2) is 11.1 Å². The monoisotopic (exact) mass is 245 g/mol. The summed E-state index contributed by atoms with van der Waals surface area (Å²) in [7, 11) is -3.80. The van der Waals surface area contributed by atoms with Crippen LogP contribution in [0.5, 0.6) is 0 Å². The van der Waals surface area contributed by atoms with Crippen LogP contribution in [0.25, 0.3) is 0 Å². The quantitative estimate of drug-likeness (QED) is 0.530. The average Bonchev–Trinajstić information content (AvgIpc) is 2.03. The summed E-state index contributed by atoms with van der Waals surface area (Å²) in [4.78, 5) is -0.168. The summed E-state index contributed by atoms with van der Waals surface area (Å²) in [5, 5.41) is 4.82. The molecular formula is C6H8NNaO4S2. The molecule has 0 aromatic heterocycles. The van der Waals surface area contributed by atoms with E-state index in [9.17, 15) is 12.6 Å². The van der Waals surface area contributed by atoms with Gasteiger partial charge in [0, 0.05) is 0 Å². The van der Waals surface area contributed by atoms with E-state index in [-0.39, 0.29) is 39.3 Å². The molecular weight excluding hydrogens is 237 g/mol. The zero-order valence-electron chi connectivity index (χ0n) is 6.38. The molecule has 8 heteroatoms. The number of benzene rings is 1. The van der Waals surface area contributed by atoms with E-state index in [1.165, 1.54) is 18.2 Å². The topological polar surface area (TPSA) is 97.5 Å².